The van der Waals surface area contributed by atoms with Gasteiger partial charge in [-0.05, 0) is 50.0 Å². The van der Waals surface area contributed by atoms with E-state index >= 15 is 0 Å². The number of rotatable bonds is 6. The maximum atomic E-state index is 12.6. The van der Waals surface area contributed by atoms with Crippen LogP contribution in [0.3, 0.4) is 0 Å². The number of aliphatic imine (C=N–C) groups is 1. The number of carbonyl (C=O) groups excluding carboxylic acids is 1. The summed E-state index contributed by atoms with van der Waals surface area (Å²) in [6.07, 6.45) is 4.84. The second kappa shape index (κ2) is 12.0. The lowest BCUT2D eigenvalue weighted by Crippen LogP contribution is -2.54. The lowest BCUT2D eigenvalue weighted by atomic mass is 10.1. The second-order valence-corrected chi connectivity index (χ2v) is 8.91. The van der Waals surface area contributed by atoms with E-state index in [-0.39, 0.29) is 24.0 Å². The van der Waals surface area contributed by atoms with E-state index in [1.807, 2.05) is 0 Å². The molecule has 0 spiro atoms. The van der Waals surface area contributed by atoms with Gasteiger partial charge in [-0.15, -0.1) is 24.0 Å². The van der Waals surface area contributed by atoms with Gasteiger partial charge in [0.25, 0.3) is 0 Å². The summed E-state index contributed by atoms with van der Waals surface area (Å²) in [4.78, 5) is 24.3. The first-order valence-electron chi connectivity index (χ1n) is 11.8. The number of guanidine groups is 1. The number of nitrogens with zero attached hydrogens (tertiary/aromatic N) is 4. The predicted molar refractivity (Wildman–Crippen MR) is 137 cm³/mol. The van der Waals surface area contributed by atoms with Crippen LogP contribution in [0.25, 0.3) is 0 Å². The number of carbonyl (C=O) groups is 1. The van der Waals surface area contributed by atoms with Gasteiger partial charge in [0, 0.05) is 52.4 Å². The molecule has 1 N–H and O–H groups in total. The third-order valence-corrected chi connectivity index (χ3v) is 6.70. The summed E-state index contributed by atoms with van der Waals surface area (Å²) < 4.78 is 0. The summed E-state index contributed by atoms with van der Waals surface area (Å²) in [6, 6.07) is 10.8. The Bertz CT molecular complexity index is 714. The first kappa shape index (κ1) is 24.3. The molecule has 3 aliphatic rings. The standard InChI is InChI=1S/C24H37N5O.HI/c1-2-25-24(26-18-21-17-22(21)20-9-5-3-6-10-20)29-15-13-27(14-16-29)19-23(30)28-11-7-4-8-12-28;/h3,5-6,9-10,21-22H,2,4,7-8,11-19H2,1H3,(H,25,26);1H. The Labute approximate surface area is 204 Å². The third-order valence-electron chi connectivity index (χ3n) is 6.70. The molecule has 4 rings (SSSR count). The van der Waals surface area contributed by atoms with Crippen LogP contribution in [0.15, 0.2) is 35.3 Å². The van der Waals surface area contributed by atoms with Gasteiger partial charge in [0.05, 0.1) is 6.54 Å². The summed E-state index contributed by atoms with van der Waals surface area (Å²) in [5.74, 6) is 2.70. The summed E-state index contributed by atoms with van der Waals surface area (Å²) >= 11 is 0. The van der Waals surface area contributed by atoms with Gasteiger partial charge in [-0.2, -0.15) is 0 Å². The lowest BCUT2D eigenvalue weighted by Gasteiger charge is -2.37. The van der Waals surface area contributed by atoms with Crippen molar-refractivity contribution in [2.45, 2.75) is 38.5 Å². The molecule has 2 saturated heterocycles. The number of hydrogen-bond acceptors (Lipinski definition) is 3. The molecular weight excluding hydrogens is 501 g/mol. The maximum Gasteiger partial charge on any atom is 0.236 e. The second-order valence-electron chi connectivity index (χ2n) is 8.91. The molecule has 2 atom stereocenters. The molecule has 1 amide bonds. The Kier molecular flexibility index (Phi) is 9.44. The van der Waals surface area contributed by atoms with Crippen molar-refractivity contribution in [2.24, 2.45) is 10.9 Å². The Morgan fingerprint density at radius 2 is 1.71 bits per heavy atom. The Morgan fingerprint density at radius 3 is 2.39 bits per heavy atom. The van der Waals surface area contributed by atoms with Crippen LogP contribution < -0.4 is 5.32 Å². The molecule has 3 fully saturated rings. The van der Waals surface area contributed by atoms with E-state index in [0.29, 0.717) is 24.3 Å². The summed E-state index contributed by atoms with van der Waals surface area (Å²) in [5.41, 5.74) is 1.45. The molecule has 172 valence electrons. The van der Waals surface area contributed by atoms with Gasteiger partial charge in [-0.1, -0.05) is 30.3 Å². The van der Waals surface area contributed by atoms with Crippen LogP contribution in [-0.4, -0.2) is 85.5 Å². The average Bonchev–Trinajstić information content (AvgIpc) is 3.58. The highest BCUT2D eigenvalue weighted by molar-refractivity contribution is 14.0. The summed E-state index contributed by atoms with van der Waals surface area (Å²) in [5, 5.41) is 3.48. The third kappa shape index (κ3) is 6.81. The molecule has 0 radical (unpaired) electrons. The van der Waals surface area contributed by atoms with Crippen molar-refractivity contribution in [1.29, 1.82) is 0 Å². The van der Waals surface area contributed by atoms with Crippen molar-refractivity contribution in [1.82, 2.24) is 20.0 Å². The molecule has 1 saturated carbocycles. The molecule has 6 nitrogen and oxygen atoms in total. The molecule has 7 heteroatoms. The number of amides is 1. The van der Waals surface area contributed by atoms with Crippen molar-refractivity contribution >= 4 is 35.8 Å². The van der Waals surface area contributed by atoms with Crippen LogP contribution in [-0.2, 0) is 4.79 Å². The summed E-state index contributed by atoms with van der Waals surface area (Å²) in [7, 11) is 0. The summed E-state index contributed by atoms with van der Waals surface area (Å²) in [6.45, 7) is 10.1. The van der Waals surface area contributed by atoms with Crippen LogP contribution in [0.4, 0.5) is 0 Å². The van der Waals surface area contributed by atoms with Gasteiger partial charge in [-0.3, -0.25) is 14.7 Å². The molecule has 2 aliphatic heterocycles. The predicted octanol–water partition coefficient (Wildman–Crippen LogP) is 3.00. The first-order chi connectivity index (χ1) is 14.7. The minimum absolute atomic E-state index is 0. The fourth-order valence-electron chi connectivity index (χ4n) is 4.74. The maximum absolute atomic E-state index is 12.6. The minimum Gasteiger partial charge on any atom is -0.357 e. The minimum atomic E-state index is 0. The van der Waals surface area contributed by atoms with E-state index in [0.717, 1.165) is 71.2 Å². The van der Waals surface area contributed by atoms with Gasteiger partial charge in [0.15, 0.2) is 5.96 Å². The highest BCUT2D eigenvalue weighted by Gasteiger charge is 2.38. The Morgan fingerprint density at radius 1 is 1.00 bits per heavy atom. The SMILES string of the molecule is CCNC(=NCC1CC1c1ccccc1)N1CCN(CC(=O)N2CCCCC2)CC1.I. The van der Waals surface area contributed by atoms with Gasteiger partial charge < -0.3 is 15.1 Å². The molecule has 31 heavy (non-hydrogen) atoms. The van der Waals surface area contributed by atoms with E-state index in [1.165, 1.54) is 18.4 Å². The van der Waals surface area contributed by atoms with Gasteiger partial charge in [0.1, 0.15) is 0 Å². The van der Waals surface area contributed by atoms with E-state index < -0.39 is 0 Å². The molecular formula is C24H38IN5O. The van der Waals surface area contributed by atoms with Crippen LogP contribution in [0.1, 0.15) is 44.1 Å². The smallest absolute Gasteiger partial charge is 0.236 e. The molecule has 1 aliphatic carbocycles. The zero-order valence-electron chi connectivity index (χ0n) is 18.8. The Balaban J connectivity index is 0.00000272. The lowest BCUT2D eigenvalue weighted by molar-refractivity contribution is -0.133. The quantitative estimate of drug-likeness (QED) is 0.343. The first-order valence-corrected chi connectivity index (χ1v) is 11.8. The number of likely N-dealkylation sites (tertiary alicyclic amines) is 1. The fraction of sp³-hybridized carbons (Fsp3) is 0.667. The molecule has 0 bridgehead atoms. The highest BCUT2D eigenvalue weighted by Crippen LogP contribution is 2.47. The molecule has 2 heterocycles. The Hall–Kier alpha value is -1.35. The van der Waals surface area contributed by atoms with Crippen LogP contribution >= 0.6 is 24.0 Å². The van der Waals surface area contributed by atoms with Crippen molar-refractivity contribution in [3.63, 3.8) is 0 Å². The van der Waals surface area contributed by atoms with Crippen molar-refractivity contribution in [3.8, 4) is 0 Å². The molecule has 1 aromatic rings. The largest absolute Gasteiger partial charge is 0.357 e. The normalized spacial score (nSPS) is 24.5. The van der Waals surface area contributed by atoms with Crippen LogP contribution in [0.2, 0.25) is 0 Å². The fourth-order valence-corrected chi connectivity index (χ4v) is 4.74. The molecule has 1 aromatic carbocycles. The topological polar surface area (TPSA) is 51.2 Å². The zero-order chi connectivity index (χ0) is 20.8. The number of piperazine rings is 1. The zero-order valence-corrected chi connectivity index (χ0v) is 21.2. The van der Waals surface area contributed by atoms with Crippen LogP contribution in [0, 0.1) is 5.92 Å². The van der Waals surface area contributed by atoms with Crippen LogP contribution in [0.5, 0.6) is 0 Å². The number of halogens is 1. The number of hydrogen-bond donors (Lipinski definition) is 1. The molecule has 2 unspecified atom stereocenters. The van der Waals surface area contributed by atoms with Gasteiger partial charge in [-0.25, -0.2) is 0 Å². The van der Waals surface area contributed by atoms with Crippen molar-refractivity contribution < 1.29 is 4.79 Å². The number of nitrogens with one attached hydrogen (secondary N) is 1. The van der Waals surface area contributed by atoms with E-state index in [2.05, 4.69) is 57.3 Å². The van der Waals surface area contributed by atoms with E-state index in [9.17, 15) is 4.79 Å². The van der Waals surface area contributed by atoms with Gasteiger partial charge in [0.2, 0.25) is 5.91 Å². The van der Waals surface area contributed by atoms with E-state index in [4.69, 9.17) is 4.99 Å². The van der Waals surface area contributed by atoms with Crippen molar-refractivity contribution in [3.05, 3.63) is 35.9 Å². The highest BCUT2D eigenvalue weighted by atomic mass is 127. The van der Waals surface area contributed by atoms with Gasteiger partial charge >= 0.3 is 0 Å². The monoisotopic (exact) mass is 539 g/mol. The number of benzene rings is 1. The number of piperidine rings is 1. The van der Waals surface area contributed by atoms with Crippen molar-refractivity contribution in [2.75, 3.05) is 58.9 Å². The van der Waals surface area contributed by atoms with E-state index in [1.54, 1.807) is 0 Å². The molecule has 0 aromatic heterocycles. The average molecular weight is 540 g/mol.